The number of pyridine rings is 1. The summed E-state index contributed by atoms with van der Waals surface area (Å²) in [7, 11) is 0. The van der Waals surface area contributed by atoms with Crippen molar-refractivity contribution in [3.05, 3.63) is 60.3 Å². The highest BCUT2D eigenvalue weighted by Crippen LogP contribution is 2.29. The van der Waals surface area contributed by atoms with Crippen LogP contribution >= 0.6 is 0 Å². The summed E-state index contributed by atoms with van der Waals surface area (Å²) in [5, 5.41) is 0. The summed E-state index contributed by atoms with van der Waals surface area (Å²) in [4.78, 5) is 24.2. The van der Waals surface area contributed by atoms with Crippen LogP contribution < -0.4 is 4.90 Å². The van der Waals surface area contributed by atoms with Crippen molar-refractivity contribution in [3.63, 3.8) is 0 Å². The maximum absolute atomic E-state index is 4.71. The molecule has 0 unspecified atom stereocenters. The van der Waals surface area contributed by atoms with Crippen LogP contribution in [0.15, 0.2) is 43.1 Å². The average molecular weight is 346 g/mol. The summed E-state index contributed by atoms with van der Waals surface area (Å²) in [5.74, 6) is 2.38. The largest absolute Gasteiger partial charge is 0.356 e. The zero-order chi connectivity index (χ0) is 17.9. The average Bonchev–Trinajstić information content (AvgIpc) is 2.68. The van der Waals surface area contributed by atoms with E-state index in [-0.39, 0.29) is 0 Å². The topological polar surface area (TPSA) is 67.7 Å². The molecule has 0 spiro atoms. The maximum atomic E-state index is 4.71. The molecule has 0 radical (unpaired) electrons. The van der Waals surface area contributed by atoms with Gasteiger partial charge in [-0.1, -0.05) is 6.07 Å². The minimum atomic E-state index is 0.497. The molecule has 0 aliphatic carbocycles. The van der Waals surface area contributed by atoms with Crippen molar-refractivity contribution < 1.29 is 0 Å². The molecule has 6 heteroatoms. The van der Waals surface area contributed by atoms with E-state index in [2.05, 4.69) is 43.0 Å². The van der Waals surface area contributed by atoms with Crippen LogP contribution in [-0.2, 0) is 0 Å². The minimum absolute atomic E-state index is 0.497. The van der Waals surface area contributed by atoms with Crippen LogP contribution in [-0.4, -0.2) is 38.0 Å². The van der Waals surface area contributed by atoms with Crippen LogP contribution in [0.1, 0.15) is 36.0 Å². The molecule has 1 fully saturated rings. The minimum Gasteiger partial charge on any atom is -0.356 e. The molecule has 0 atom stereocenters. The number of aromatic nitrogens is 5. The SMILES string of the molecule is Cc1cc(N2CCC(c3ccc(-c4cncnc4)cn3)CC2)nc(C)n1. The second-order valence-electron chi connectivity index (χ2n) is 6.77. The van der Waals surface area contributed by atoms with Gasteiger partial charge < -0.3 is 4.90 Å². The number of aryl methyl sites for hydroxylation is 2. The molecule has 0 N–H and O–H groups in total. The van der Waals surface area contributed by atoms with Crippen LogP contribution in [0.3, 0.4) is 0 Å². The number of nitrogens with zero attached hydrogens (tertiary/aromatic N) is 6. The second-order valence-corrected chi connectivity index (χ2v) is 6.77. The van der Waals surface area contributed by atoms with Gasteiger partial charge in [-0.15, -0.1) is 0 Å². The molecule has 26 heavy (non-hydrogen) atoms. The first-order valence-electron chi connectivity index (χ1n) is 8.97. The normalized spacial score (nSPS) is 15.2. The third-order valence-corrected chi connectivity index (χ3v) is 4.87. The lowest BCUT2D eigenvalue weighted by atomic mass is 9.92. The molecule has 1 aliphatic heterocycles. The van der Waals surface area contributed by atoms with E-state index in [0.717, 1.165) is 54.4 Å². The summed E-state index contributed by atoms with van der Waals surface area (Å²) >= 11 is 0. The molecule has 0 aromatic carbocycles. The van der Waals surface area contributed by atoms with E-state index in [1.807, 2.05) is 32.4 Å². The predicted octanol–water partition coefficient (Wildman–Crippen LogP) is 3.33. The Hall–Kier alpha value is -2.89. The molecule has 0 saturated carbocycles. The molecule has 0 bridgehead atoms. The molecule has 132 valence electrons. The van der Waals surface area contributed by atoms with Gasteiger partial charge in [0.1, 0.15) is 18.0 Å². The van der Waals surface area contributed by atoms with Crippen molar-refractivity contribution in [2.45, 2.75) is 32.6 Å². The van der Waals surface area contributed by atoms with Crippen molar-refractivity contribution in [3.8, 4) is 11.1 Å². The third-order valence-electron chi connectivity index (χ3n) is 4.87. The van der Waals surface area contributed by atoms with E-state index in [0.29, 0.717) is 5.92 Å². The van der Waals surface area contributed by atoms with Crippen LogP contribution in [0, 0.1) is 13.8 Å². The maximum Gasteiger partial charge on any atom is 0.132 e. The van der Waals surface area contributed by atoms with Crippen LogP contribution in [0.25, 0.3) is 11.1 Å². The van der Waals surface area contributed by atoms with Crippen molar-refractivity contribution >= 4 is 5.82 Å². The molecular weight excluding hydrogens is 324 g/mol. The number of hydrogen-bond donors (Lipinski definition) is 0. The van der Waals surface area contributed by atoms with Gasteiger partial charge in [0.25, 0.3) is 0 Å². The first-order chi connectivity index (χ1) is 12.7. The Bertz CT molecular complexity index is 850. The summed E-state index contributed by atoms with van der Waals surface area (Å²) in [6.45, 7) is 5.97. The Kier molecular flexibility index (Phi) is 4.56. The first-order valence-corrected chi connectivity index (χ1v) is 8.97. The lowest BCUT2D eigenvalue weighted by Crippen LogP contribution is -2.34. The second kappa shape index (κ2) is 7.15. The van der Waals surface area contributed by atoms with Crippen LogP contribution in [0.4, 0.5) is 5.82 Å². The number of anilines is 1. The Balaban J connectivity index is 1.43. The zero-order valence-corrected chi connectivity index (χ0v) is 15.1. The number of piperidine rings is 1. The third kappa shape index (κ3) is 3.54. The fourth-order valence-electron chi connectivity index (χ4n) is 3.53. The highest BCUT2D eigenvalue weighted by Gasteiger charge is 2.22. The standard InChI is InChI=1S/C20H22N6/c1-14-9-20(25-15(2)24-14)26-7-5-16(6-8-26)19-4-3-17(12-23-19)18-10-21-13-22-11-18/h3-4,9-13,16H,5-8H2,1-2H3. The quantitative estimate of drug-likeness (QED) is 0.725. The predicted molar refractivity (Wildman–Crippen MR) is 101 cm³/mol. The van der Waals surface area contributed by atoms with Crippen LogP contribution in [0.2, 0.25) is 0 Å². The molecular formula is C20H22N6. The van der Waals surface area contributed by atoms with Crippen molar-refractivity contribution in [1.29, 1.82) is 0 Å². The van der Waals surface area contributed by atoms with Crippen molar-refractivity contribution in [1.82, 2.24) is 24.9 Å². The summed E-state index contributed by atoms with van der Waals surface area (Å²) < 4.78 is 0. The fourth-order valence-corrected chi connectivity index (χ4v) is 3.53. The molecule has 3 aromatic heterocycles. The smallest absolute Gasteiger partial charge is 0.132 e. The molecule has 4 rings (SSSR count). The first kappa shape index (κ1) is 16.6. The van der Waals surface area contributed by atoms with Gasteiger partial charge in [0.15, 0.2) is 0 Å². The Morgan fingerprint density at radius 2 is 1.69 bits per heavy atom. The summed E-state index contributed by atoms with van der Waals surface area (Å²) in [5.41, 5.74) is 4.24. The van der Waals surface area contributed by atoms with E-state index in [4.69, 9.17) is 4.98 Å². The highest BCUT2D eigenvalue weighted by molar-refractivity contribution is 5.60. The monoisotopic (exact) mass is 346 g/mol. The van der Waals surface area contributed by atoms with Gasteiger partial charge in [-0.2, -0.15) is 0 Å². The highest BCUT2D eigenvalue weighted by atomic mass is 15.2. The van der Waals surface area contributed by atoms with E-state index >= 15 is 0 Å². The number of hydrogen-bond acceptors (Lipinski definition) is 6. The van der Waals surface area contributed by atoms with E-state index in [1.54, 1.807) is 6.33 Å². The number of rotatable bonds is 3. The summed E-state index contributed by atoms with van der Waals surface area (Å²) in [6, 6.07) is 6.33. The van der Waals surface area contributed by atoms with Crippen LogP contribution in [0.5, 0.6) is 0 Å². The Labute approximate surface area is 153 Å². The molecule has 6 nitrogen and oxygen atoms in total. The zero-order valence-electron chi connectivity index (χ0n) is 15.1. The van der Waals surface area contributed by atoms with E-state index in [9.17, 15) is 0 Å². The van der Waals surface area contributed by atoms with Gasteiger partial charge in [0.05, 0.1) is 0 Å². The molecule has 3 aromatic rings. The summed E-state index contributed by atoms with van der Waals surface area (Å²) in [6.07, 6.45) is 9.27. The lowest BCUT2D eigenvalue weighted by Gasteiger charge is -2.32. The van der Waals surface area contributed by atoms with Gasteiger partial charge in [-0.05, 0) is 32.8 Å². The van der Waals surface area contributed by atoms with Crippen molar-refractivity contribution in [2.24, 2.45) is 0 Å². The molecule has 1 saturated heterocycles. The molecule has 1 aliphatic rings. The van der Waals surface area contributed by atoms with Gasteiger partial charge in [0, 0.05) is 66.2 Å². The van der Waals surface area contributed by atoms with Crippen molar-refractivity contribution in [2.75, 3.05) is 18.0 Å². The Morgan fingerprint density at radius 1 is 0.923 bits per heavy atom. The fraction of sp³-hybridized carbons (Fsp3) is 0.350. The van der Waals surface area contributed by atoms with Gasteiger partial charge in [0.2, 0.25) is 0 Å². The van der Waals surface area contributed by atoms with Gasteiger partial charge >= 0.3 is 0 Å². The van der Waals surface area contributed by atoms with Gasteiger partial charge in [-0.3, -0.25) is 4.98 Å². The Morgan fingerprint density at radius 3 is 2.35 bits per heavy atom. The molecule has 0 amide bonds. The van der Waals surface area contributed by atoms with E-state index < -0.39 is 0 Å². The molecule has 4 heterocycles. The van der Waals surface area contributed by atoms with Gasteiger partial charge in [-0.25, -0.2) is 19.9 Å². The lowest BCUT2D eigenvalue weighted by molar-refractivity contribution is 0.493. The van der Waals surface area contributed by atoms with E-state index in [1.165, 1.54) is 5.69 Å².